The maximum atomic E-state index is 11.7. The molecule has 0 amide bonds. The third-order valence-corrected chi connectivity index (χ3v) is 2.73. The van der Waals surface area contributed by atoms with E-state index in [4.69, 9.17) is 8.83 Å². The Morgan fingerprint density at radius 3 is 1.87 bits per heavy atom. The van der Waals surface area contributed by atoms with Gasteiger partial charge in [-0.25, -0.2) is 0 Å². The van der Waals surface area contributed by atoms with Gasteiger partial charge in [-0.1, -0.05) is 0 Å². The molecule has 2 rings (SSSR count). The van der Waals surface area contributed by atoms with Crippen molar-refractivity contribution in [2.75, 3.05) is 0 Å². The second kappa shape index (κ2) is 3.42. The molecular formula is C12H12O3. The van der Waals surface area contributed by atoms with E-state index >= 15 is 0 Å². The van der Waals surface area contributed by atoms with Crippen molar-refractivity contribution in [2.45, 2.75) is 19.3 Å². The predicted octanol–water partition coefficient (Wildman–Crippen LogP) is 2.77. The molecule has 2 aromatic heterocycles. The first-order chi connectivity index (χ1) is 7.15. The van der Waals surface area contributed by atoms with Crippen LogP contribution >= 0.6 is 0 Å². The minimum Gasteiger partial charge on any atom is -0.468 e. The molecule has 15 heavy (non-hydrogen) atoms. The summed E-state index contributed by atoms with van der Waals surface area (Å²) >= 11 is 0. The van der Waals surface area contributed by atoms with Gasteiger partial charge in [0.1, 0.15) is 16.9 Å². The molecule has 0 aliphatic carbocycles. The number of carbonyl (C=O) groups is 1. The lowest BCUT2D eigenvalue weighted by molar-refractivity contribution is -0.121. The zero-order chi connectivity index (χ0) is 10.9. The van der Waals surface area contributed by atoms with Crippen molar-refractivity contribution in [3.05, 3.63) is 48.3 Å². The fraction of sp³-hybridized carbons (Fsp3) is 0.250. The molecule has 0 fully saturated rings. The summed E-state index contributed by atoms with van der Waals surface area (Å²) in [6.45, 7) is 3.33. The Bertz CT molecular complexity index is 403. The van der Waals surface area contributed by atoms with E-state index in [1.807, 2.05) is 0 Å². The molecule has 0 aliphatic heterocycles. The van der Waals surface area contributed by atoms with Gasteiger partial charge < -0.3 is 8.83 Å². The minimum absolute atomic E-state index is 0.00704. The minimum atomic E-state index is -0.826. The van der Waals surface area contributed by atoms with Crippen molar-refractivity contribution in [1.29, 1.82) is 0 Å². The van der Waals surface area contributed by atoms with Gasteiger partial charge in [-0.3, -0.25) is 4.79 Å². The predicted molar refractivity (Wildman–Crippen MR) is 54.6 cm³/mol. The summed E-state index contributed by atoms with van der Waals surface area (Å²) in [6.07, 6.45) is 3.11. The SMILES string of the molecule is CC(=O)C(C)(c1ccco1)c1ccco1. The second-order valence-corrected chi connectivity index (χ2v) is 3.64. The van der Waals surface area contributed by atoms with Crippen LogP contribution < -0.4 is 0 Å². The zero-order valence-corrected chi connectivity index (χ0v) is 8.69. The first kappa shape index (κ1) is 9.77. The van der Waals surface area contributed by atoms with Crippen LogP contribution in [0.2, 0.25) is 0 Å². The summed E-state index contributed by atoms with van der Waals surface area (Å²) in [7, 11) is 0. The summed E-state index contributed by atoms with van der Waals surface area (Å²) < 4.78 is 10.6. The topological polar surface area (TPSA) is 43.4 Å². The molecule has 2 heterocycles. The molecule has 0 aliphatic rings. The van der Waals surface area contributed by atoms with Gasteiger partial charge >= 0.3 is 0 Å². The average molecular weight is 204 g/mol. The number of furan rings is 2. The number of Topliss-reactive ketones (excluding diaryl/α,β-unsaturated/α-hetero) is 1. The van der Waals surface area contributed by atoms with Gasteiger partial charge in [-0.2, -0.15) is 0 Å². The lowest BCUT2D eigenvalue weighted by Gasteiger charge is -2.21. The van der Waals surface area contributed by atoms with Gasteiger partial charge in [-0.15, -0.1) is 0 Å². The Morgan fingerprint density at radius 1 is 1.13 bits per heavy atom. The highest BCUT2D eigenvalue weighted by Gasteiger charge is 2.39. The van der Waals surface area contributed by atoms with Crippen molar-refractivity contribution in [3.63, 3.8) is 0 Å². The molecule has 3 nitrogen and oxygen atoms in total. The highest BCUT2D eigenvalue weighted by atomic mass is 16.3. The van der Waals surface area contributed by atoms with Crippen LogP contribution in [-0.2, 0) is 10.2 Å². The van der Waals surface area contributed by atoms with Gasteiger partial charge in [0, 0.05) is 0 Å². The quantitative estimate of drug-likeness (QED) is 0.772. The summed E-state index contributed by atoms with van der Waals surface area (Å²) in [6, 6.07) is 7.09. The molecule has 0 atom stereocenters. The van der Waals surface area contributed by atoms with E-state index in [1.165, 1.54) is 6.92 Å². The van der Waals surface area contributed by atoms with Crippen LogP contribution in [0.4, 0.5) is 0 Å². The molecule has 0 N–H and O–H groups in total. The molecule has 0 saturated heterocycles. The monoisotopic (exact) mass is 204 g/mol. The summed E-state index contributed by atoms with van der Waals surface area (Å²) in [5, 5.41) is 0. The molecule has 0 unspecified atom stereocenters. The van der Waals surface area contributed by atoms with E-state index < -0.39 is 5.41 Å². The van der Waals surface area contributed by atoms with Crippen molar-refractivity contribution in [2.24, 2.45) is 0 Å². The highest BCUT2D eigenvalue weighted by molar-refractivity contribution is 5.89. The van der Waals surface area contributed by atoms with Gasteiger partial charge in [0.15, 0.2) is 5.78 Å². The van der Waals surface area contributed by atoms with Crippen LogP contribution in [0, 0.1) is 0 Å². The van der Waals surface area contributed by atoms with Crippen molar-refractivity contribution < 1.29 is 13.6 Å². The molecule has 0 saturated carbocycles. The van der Waals surface area contributed by atoms with E-state index in [1.54, 1.807) is 43.7 Å². The van der Waals surface area contributed by atoms with Crippen LogP contribution in [0.5, 0.6) is 0 Å². The largest absolute Gasteiger partial charge is 0.468 e. The van der Waals surface area contributed by atoms with Crippen LogP contribution in [0.1, 0.15) is 25.4 Å². The number of hydrogen-bond donors (Lipinski definition) is 0. The maximum absolute atomic E-state index is 11.7. The van der Waals surface area contributed by atoms with E-state index in [0.29, 0.717) is 11.5 Å². The van der Waals surface area contributed by atoms with Crippen LogP contribution in [-0.4, -0.2) is 5.78 Å². The third kappa shape index (κ3) is 1.40. The Balaban J connectivity index is 2.56. The molecule has 3 heteroatoms. The Hall–Kier alpha value is -1.77. The number of carbonyl (C=O) groups excluding carboxylic acids is 1. The lowest BCUT2D eigenvalue weighted by atomic mass is 9.81. The molecule has 2 aromatic rings. The second-order valence-electron chi connectivity index (χ2n) is 3.64. The summed E-state index contributed by atoms with van der Waals surface area (Å²) in [4.78, 5) is 11.7. The van der Waals surface area contributed by atoms with Gasteiger partial charge in [-0.05, 0) is 38.1 Å². The molecular weight excluding hydrogens is 192 g/mol. The molecule has 0 radical (unpaired) electrons. The van der Waals surface area contributed by atoms with E-state index in [-0.39, 0.29) is 5.78 Å². The molecule has 0 aromatic carbocycles. The average Bonchev–Trinajstić information content (AvgIpc) is 2.89. The number of ketones is 1. The summed E-state index contributed by atoms with van der Waals surface area (Å²) in [5.74, 6) is 1.20. The fourth-order valence-corrected chi connectivity index (χ4v) is 1.59. The smallest absolute Gasteiger partial charge is 0.150 e. The van der Waals surface area contributed by atoms with Crippen molar-refractivity contribution >= 4 is 5.78 Å². The fourth-order valence-electron chi connectivity index (χ4n) is 1.59. The number of hydrogen-bond acceptors (Lipinski definition) is 3. The van der Waals surface area contributed by atoms with Crippen molar-refractivity contribution in [3.8, 4) is 0 Å². The lowest BCUT2D eigenvalue weighted by Crippen LogP contribution is -2.30. The molecule has 78 valence electrons. The first-order valence-corrected chi connectivity index (χ1v) is 4.74. The Kier molecular flexibility index (Phi) is 2.23. The molecule has 0 spiro atoms. The Morgan fingerprint density at radius 2 is 1.60 bits per heavy atom. The van der Waals surface area contributed by atoms with Crippen LogP contribution in [0.25, 0.3) is 0 Å². The van der Waals surface area contributed by atoms with E-state index in [0.717, 1.165) is 0 Å². The van der Waals surface area contributed by atoms with E-state index in [9.17, 15) is 4.79 Å². The summed E-state index contributed by atoms with van der Waals surface area (Å²) in [5.41, 5.74) is -0.826. The first-order valence-electron chi connectivity index (χ1n) is 4.74. The van der Waals surface area contributed by atoms with Gasteiger partial charge in [0.2, 0.25) is 0 Å². The van der Waals surface area contributed by atoms with E-state index in [2.05, 4.69) is 0 Å². The van der Waals surface area contributed by atoms with Crippen LogP contribution in [0.3, 0.4) is 0 Å². The van der Waals surface area contributed by atoms with Gasteiger partial charge in [0.25, 0.3) is 0 Å². The van der Waals surface area contributed by atoms with Crippen molar-refractivity contribution in [1.82, 2.24) is 0 Å². The highest BCUT2D eigenvalue weighted by Crippen LogP contribution is 2.33. The maximum Gasteiger partial charge on any atom is 0.150 e. The standard InChI is InChI=1S/C12H12O3/c1-9(13)12(2,10-5-3-7-14-10)11-6-4-8-15-11/h3-8H,1-2H3. The normalized spacial score (nSPS) is 11.6. The third-order valence-electron chi connectivity index (χ3n) is 2.73. The number of rotatable bonds is 3. The van der Waals surface area contributed by atoms with Gasteiger partial charge in [0.05, 0.1) is 12.5 Å². The zero-order valence-electron chi connectivity index (χ0n) is 8.69. The van der Waals surface area contributed by atoms with Crippen LogP contribution in [0.15, 0.2) is 45.6 Å². The Labute approximate surface area is 87.7 Å². The molecule has 0 bridgehead atoms.